The second-order valence-corrected chi connectivity index (χ2v) is 9.06. The summed E-state index contributed by atoms with van der Waals surface area (Å²) in [4.78, 5) is 10.9. The van der Waals surface area contributed by atoms with E-state index < -0.39 is 0 Å². The number of hydrogen-bond acceptors (Lipinski definition) is 2. The van der Waals surface area contributed by atoms with E-state index >= 15 is 0 Å². The number of esters is 1. The number of carbonyl (C=O) groups is 1. The summed E-state index contributed by atoms with van der Waals surface area (Å²) in [6.07, 6.45) is 10.1. The molecule has 3 atom stereocenters. The molecule has 0 saturated heterocycles. The van der Waals surface area contributed by atoms with Gasteiger partial charge in [-0.1, -0.05) is 67.2 Å². The Bertz CT molecular complexity index is 333. The van der Waals surface area contributed by atoms with Crippen LogP contribution in [0.2, 0.25) is 0 Å². The molecule has 0 aliphatic carbocycles. The van der Waals surface area contributed by atoms with Crippen LogP contribution in [0.25, 0.3) is 0 Å². The molecule has 0 saturated carbocycles. The zero-order valence-electron chi connectivity index (χ0n) is 17.8. The summed E-state index contributed by atoms with van der Waals surface area (Å²) in [5, 5.41) is 0. The molecule has 24 heavy (non-hydrogen) atoms. The number of ether oxygens (including phenoxy) is 1. The summed E-state index contributed by atoms with van der Waals surface area (Å²) in [7, 11) is 0. The topological polar surface area (TPSA) is 26.3 Å². The Kier molecular flexibility index (Phi) is 11.7. The monoisotopic (exact) mass is 340 g/mol. The zero-order valence-corrected chi connectivity index (χ0v) is 17.8. The highest BCUT2D eigenvalue weighted by Crippen LogP contribution is 2.38. The van der Waals surface area contributed by atoms with E-state index in [1.165, 1.54) is 45.4 Å². The van der Waals surface area contributed by atoms with Crippen molar-refractivity contribution in [3.8, 4) is 0 Å². The van der Waals surface area contributed by atoms with E-state index in [0.29, 0.717) is 5.41 Å². The first-order chi connectivity index (χ1) is 11.1. The van der Waals surface area contributed by atoms with Gasteiger partial charge < -0.3 is 4.74 Å². The first-order valence-electron chi connectivity index (χ1n) is 10.3. The van der Waals surface area contributed by atoms with Crippen LogP contribution in [0.5, 0.6) is 0 Å². The molecular weight excluding hydrogens is 296 g/mol. The number of rotatable bonds is 13. The average Bonchev–Trinajstić information content (AvgIpc) is 2.44. The zero-order chi connectivity index (χ0) is 18.8. The van der Waals surface area contributed by atoms with E-state index in [1.54, 1.807) is 0 Å². The quantitative estimate of drug-likeness (QED) is 0.337. The van der Waals surface area contributed by atoms with Crippen molar-refractivity contribution in [3.63, 3.8) is 0 Å². The van der Waals surface area contributed by atoms with Gasteiger partial charge in [-0.25, -0.2) is 0 Å². The highest BCUT2D eigenvalue weighted by atomic mass is 16.5. The van der Waals surface area contributed by atoms with Crippen molar-refractivity contribution in [2.75, 3.05) is 0 Å². The van der Waals surface area contributed by atoms with Gasteiger partial charge in [-0.3, -0.25) is 4.79 Å². The standard InChI is InChI=1S/C22H44O2/c1-9-22(7,8)21(16-17(2)3)15-11-13-18(4)12-10-14-19(5)24-20(6)23/h17-19,21H,9-16H2,1-8H3. The Morgan fingerprint density at radius 3 is 1.96 bits per heavy atom. The van der Waals surface area contributed by atoms with Gasteiger partial charge in [-0.05, 0) is 55.8 Å². The Morgan fingerprint density at radius 1 is 0.958 bits per heavy atom. The maximum absolute atomic E-state index is 10.9. The van der Waals surface area contributed by atoms with Crippen molar-refractivity contribution in [1.82, 2.24) is 0 Å². The summed E-state index contributed by atoms with van der Waals surface area (Å²) in [5.41, 5.74) is 0.465. The van der Waals surface area contributed by atoms with Crippen molar-refractivity contribution in [2.24, 2.45) is 23.2 Å². The maximum atomic E-state index is 10.9. The van der Waals surface area contributed by atoms with Crippen LogP contribution in [0.3, 0.4) is 0 Å². The molecular formula is C22H44O2. The Labute approximate surface area is 152 Å². The summed E-state index contributed by atoms with van der Waals surface area (Å²) in [6.45, 7) is 17.8. The minimum absolute atomic E-state index is 0.0653. The Hall–Kier alpha value is -0.530. The summed E-state index contributed by atoms with van der Waals surface area (Å²) >= 11 is 0. The van der Waals surface area contributed by atoms with Gasteiger partial charge in [0.25, 0.3) is 0 Å². The highest BCUT2D eigenvalue weighted by Gasteiger charge is 2.27. The molecule has 0 aromatic rings. The van der Waals surface area contributed by atoms with Gasteiger partial charge in [-0.15, -0.1) is 0 Å². The van der Waals surface area contributed by atoms with E-state index in [4.69, 9.17) is 4.74 Å². The smallest absolute Gasteiger partial charge is 0.302 e. The molecule has 0 N–H and O–H groups in total. The van der Waals surface area contributed by atoms with Gasteiger partial charge in [0.15, 0.2) is 0 Å². The molecule has 0 fully saturated rings. The van der Waals surface area contributed by atoms with Crippen LogP contribution in [-0.2, 0) is 9.53 Å². The first kappa shape index (κ1) is 23.5. The molecule has 3 unspecified atom stereocenters. The second kappa shape index (κ2) is 11.9. The molecule has 0 amide bonds. The molecule has 0 rings (SSSR count). The molecule has 0 heterocycles. The van der Waals surface area contributed by atoms with Crippen molar-refractivity contribution < 1.29 is 9.53 Å². The van der Waals surface area contributed by atoms with Gasteiger partial charge in [0.2, 0.25) is 0 Å². The lowest BCUT2D eigenvalue weighted by Crippen LogP contribution is -2.25. The molecule has 0 bridgehead atoms. The van der Waals surface area contributed by atoms with Crippen LogP contribution < -0.4 is 0 Å². The molecule has 2 nitrogen and oxygen atoms in total. The van der Waals surface area contributed by atoms with Gasteiger partial charge >= 0.3 is 5.97 Å². The van der Waals surface area contributed by atoms with Crippen LogP contribution in [0.1, 0.15) is 107 Å². The van der Waals surface area contributed by atoms with Gasteiger partial charge in [0, 0.05) is 6.92 Å². The Morgan fingerprint density at radius 2 is 1.50 bits per heavy atom. The largest absolute Gasteiger partial charge is 0.463 e. The predicted octanol–water partition coefficient (Wildman–Crippen LogP) is 7.01. The molecule has 0 aromatic heterocycles. The fourth-order valence-corrected chi connectivity index (χ4v) is 3.64. The van der Waals surface area contributed by atoms with Crippen LogP contribution in [-0.4, -0.2) is 12.1 Å². The van der Waals surface area contributed by atoms with E-state index in [-0.39, 0.29) is 12.1 Å². The van der Waals surface area contributed by atoms with Gasteiger partial charge in [0.1, 0.15) is 0 Å². The second-order valence-electron chi connectivity index (χ2n) is 9.06. The van der Waals surface area contributed by atoms with Gasteiger partial charge in [0.05, 0.1) is 6.10 Å². The highest BCUT2D eigenvalue weighted by molar-refractivity contribution is 5.66. The number of carbonyl (C=O) groups excluding carboxylic acids is 1. The van der Waals surface area contributed by atoms with E-state index in [1.807, 2.05) is 6.92 Å². The predicted molar refractivity (Wildman–Crippen MR) is 105 cm³/mol. The normalized spacial score (nSPS) is 16.0. The van der Waals surface area contributed by atoms with E-state index in [2.05, 4.69) is 41.5 Å². The van der Waals surface area contributed by atoms with E-state index in [9.17, 15) is 4.79 Å². The van der Waals surface area contributed by atoms with Crippen LogP contribution in [0, 0.1) is 23.2 Å². The summed E-state index contributed by atoms with van der Waals surface area (Å²) < 4.78 is 5.19. The van der Waals surface area contributed by atoms with Crippen molar-refractivity contribution in [1.29, 1.82) is 0 Å². The fraction of sp³-hybridized carbons (Fsp3) is 0.955. The first-order valence-corrected chi connectivity index (χ1v) is 10.3. The minimum atomic E-state index is -0.162. The molecule has 144 valence electrons. The van der Waals surface area contributed by atoms with Crippen molar-refractivity contribution >= 4 is 5.97 Å². The third-order valence-corrected chi connectivity index (χ3v) is 5.70. The molecule has 0 aromatic carbocycles. The molecule has 0 aliphatic heterocycles. The third-order valence-electron chi connectivity index (χ3n) is 5.70. The molecule has 0 aliphatic rings. The van der Waals surface area contributed by atoms with Crippen molar-refractivity contribution in [3.05, 3.63) is 0 Å². The average molecular weight is 341 g/mol. The lowest BCUT2D eigenvalue weighted by Gasteiger charge is -2.35. The lowest BCUT2D eigenvalue weighted by atomic mass is 9.70. The van der Waals surface area contributed by atoms with Crippen LogP contribution in [0.15, 0.2) is 0 Å². The van der Waals surface area contributed by atoms with Crippen LogP contribution in [0.4, 0.5) is 0 Å². The SMILES string of the molecule is CCC(C)(C)C(CCCC(C)CCCC(C)OC(C)=O)CC(C)C. The van der Waals surface area contributed by atoms with Crippen LogP contribution >= 0.6 is 0 Å². The maximum Gasteiger partial charge on any atom is 0.302 e. The lowest BCUT2D eigenvalue weighted by molar-refractivity contribution is -0.145. The molecule has 0 radical (unpaired) electrons. The summed E-state index contributed by atoms with van der Waals surface area (Å²) in [5.74, 6) is 2.25. The fourth-order valence-electron chi connectivity index (χ4n) is 3.64. The van der Waals surface area contributed by atoms with Gasteiger partial charge in [-0.2, -0.15) is 0 Å². The Balaban J connectivity index is 4.06. The molecule has 0 spiro atoms. The van der Waals surface area contributed by atoms with E-state index in [0.717, 1.165) is 30.6 Å². The molecule has 2 heteroatoms. The third kappa shape index (κ3) is 11.1. The summed E-state index contributed by atoms with van der Waals surface area (Å²) in [6, 6.07) is 0. The van der Waals surface area contributed by atoms with Crippen molar-refractivity contribution in [2.45, 2.75) is 113 Å². The number of hydrogen-bond donors (Lipinski definition) is 0. The minimum Gasteiger partial charge on any atom is -0.463 e.